The molecule has 1 saturated heterocycles. The van der Waals surface area contributed by atoms with Gasteiger partial charge in [-0.15, -0.1) is 0 Å². The topological polar surface area (TPSA) is 52.7 Å². The third kappa shape index (κ3) is 4.90. The molecule has 5 nitrogen and oxygen atoms in total. The number of piperidine rings is 1. The molecule has 2 aliphatic heterocycles. The van der Waals surface area contributed by atoms with Crippen LogP contribution in [0.2, 0.25) is 10.0 Å². The summed E-state index contributed by atoms with van der Waals surface area (Å²) < 4.78 is 0. The van der Waals surface area contributed by atoms with Gasteiger partial charge in [-0.1, -0.05) is 71.2 Å². The van der Waals surface area contributed by atoms with Crippen molar-refractivity contribution in [2.75, 3.05) is 16.8 Å². The second-order valence-corrected chi connectivity index (χ2v) is 12.6. The Bertz CT molecular complexity index is 1700. The average molecular weight is 597 g/mol. The summed E-state index contributed by atoms with van der Waals surface area (Å²) in [5.41, 5.74) is 6.44. The zero-order valence-corrected chi connectivity index (χ0v) is 24.8. The zero-order chi connectivity index (χ0) is 29.0. The molecule has 2 fully saturated rings. The minimum atomic E-state index is -0.240. The number of nitrogens with one attached hydrogen (secondary N) is 1. The predicted octanol–water partition coefficient (Wildman–Crippen LogP) is 8.23. The number of amides is 2. The molecule has 3 aliphatic rings. The number of halogens is 2. The maximum Gasteiger partial charge on any atom is 0.259 e. The lowest BCUT2D eigenvalue weighted by atomic mass is 9.98. The summed E-state index contributed by atoms with van der Waals surface area (Å²) in [6.45, 7) is 3.46. The van der Waals surface area contributed by atoms with Crippen molar-refractivity contribution >= 4 is 46.4 Å². The van der Waals surface area contributed by atoms with Crippen LogP contribution in [0, 0.1) is 12.8 Å². The van der Waals surface area contributed by atoms with E-state index in [1.54, 1.807) is 18.2 Å². The van der Waals surface area contributed by atoms with Crippen LogP contribution in [0.25, 0.3) is 11.1 Å². The first-order chi connectivity index (χ1) is 20.4. The van der Waals surface area contributed by atoms with E-state index in [0.29, 0.717) is 51.4 Å². The lowest BCUT2D eigenvalue weighted by Crippen LogP contribution is -2.46. The Hall–Kier alpha value is -3.64. The Labute approximate surface area is 256 Å². The van der Waals surface area contributed by atoms with Gasteiger partial charge in [0.15, 0.2) is 0 Å². The first kappa shape index (κ1) is 27.2. The van der Waals surface area contributed by atoms with E-state index in [4.69, 9.17) is 23.2 Å². The lowest BCUT2D eigenvalue weighted by Gasteiger charge is -2.35. The summed E-state index contributed by atoms with van der Waals surface area (Å²) in [5, 5.41) is 3.95. The number of hydrogen-bond donors (Lipinski definition) is 1. The van der Waals surface area contributed by atoms with Crippen molar-refractivity contribution < 1.29 is 9.59 Å². The maximum atomic E-state index is 14.1. The SMILES string of the molecule is Cc1ccc(-c2ccccc2C(=O)Nc2ccc(C(=O)N3C[C@@H]4C5CCC(C5)N4Cc4cc(Cl)ccc43)c(Cl)c2)cc1. The summed E-state index contributed by atoms with van der Waals surface area (Å²) in [6, 6.07) is 27.4. The van der Waals surface area contributed by atoms with Gasteiger partial charge in [-0.05, 0) is 91.3 Å². The van der Waals surface area contributed by atoms with Crippen molar-refractivity contribution in [2.24, 2.45) is 5.92 Å². The molecule has 4 aromatic rings. The average Bonchev–Trinajstić information content (AvgIpc) is 3.54. The molecule has 1 N–H and O–H groups in total. The fourth-order valence-electron chi connectivity index (χ4n) is 7.08. The Morgan fingerprint density at radius 1 is 0.881 bits per heavy atom. The molecule has 1 aliphatic carbocycles. The highest BCUT2D eigenvalue weighted by molar-refractivity contribution is 6.35. The van der Waals surface area contributed by atoms with E-state index in [-0.39, 0.29) is 11.8 Å². The largest absolute Gasteiger partial charge is 0.322 e. The lowest BCUT2D eigenvalue weighted by molar-refractivity contribution is 0.0961. The van der Waals surface area contributed by atoms with Gasteiger partial charge < -0.3 is 10.2 Å². The number of fused-ring (bicyclic) bond motifs is 6. The molecule has 2 bridgehead atoms. The number of benzene rings is 4. The molecule has 0 spiro atoms. The predicted molar refractivity (Wildman–Crippen MR) is 170 cm³/mol. The van der Waals surface area contributed by atoms with Gasteiger partial charge in [0, 0.05) is 47.1 Å². The van der Waals surface area contributed by atoms with Gasteiger partial charge in [-0.3, -0.25) is 14.5 Å². The third-order valence-corrected chi connectivity index (χ3v) is 9.72. The van der Waals surface area contributed by atoms with E-state index in [2.05, 4.69) is 10.2 Å². The number of nitrogens with zero attached hydrogens (tertiary/aromatic N) is 2. The van der Waals surface area contributed by atoms with Gasteiger partial charge in [0.05, 0.1) is 10.6 Å². The van der Waals surface area contributed by atoms with Crippen LogP contribution in [0.4, 0.5) is 11.4 Å². The Morgan fingerprint density at radius 3 is 2.50 bits per heavy atom. The minimum absolute atomic E-state index is 0.143. The number of anilines is 2. The van der Waals surface area contributed by atoms with Crippen LogP contribution in [0.3, 0.4) is 0 Å². The summed E-state index contributed by atoms with van der Waals surface area (Å²) in [6.07, 6.45) is 3.64. The highest BCUT2D eigenvalue weighted by atomic mass is 35.5. The monoisotopic (exact) mass is 595 g/mol. The van der Waals surface area contributed by atoms with E-state index in [1.165, 1.54) is 19.3 Å². The quantitative estimate of drug-likeness (QED) is 0.258. The van der Waals surface area contributed by atoms with Gasteiger partial charge in [-0.2, -0.15) is 0 Å². The van der Waals surface area contributed by atoms with Crippen molar-refractivity contribution in [2.45, 2.75) is 44.8 Å². The molecule has 7 heteroatoms. The van der Waals surface area contributed by atoms with Crippen LogP contribution in [-0.4, -0.2) is 35.3 Å². The molecular formula is C35H31Cl2N3O2. The highest BCUT2D eigenvalue weighted by Crippen LogP contribution is 2.46. The molecule has 1 saturated carbocycles. The van der Waals surface area contributed by atoms with Crippen LogP contribution in [0.5, 0.6) is 0 Å². The molecule has 4 aromatic carbocycles. The van der Waals surface area contributed by atoms with Gasteiger partial charge in [0.2, 0.25) is 0 Å². The second kappa shape index (κ2) is 10.9. The van der Waals surface area contributed by atoms with E-state index in [9.17, 15) is 9.59 Å². The fraction of sp³-hybridized carbons (Fsp3) is 0.257. The molecule has 212 valence electrons. The van der Waals surface area contributed by atoms with E-state index in [1.807, 2.05) is 78.6 Å². The molecule has 2 heterocycles. The smallest absolute Gasteiger partial charge is 0.259 e. The molecule has 2 amide bonds. The van der Waals surface area contributed by atoms with Crippen molar-refractivity contribution in [3.05, 3.63) is 117 Å². The minimum Gasteiger partial charge on any atom is -0.322 e. The van der Waals surface area contributed by atoms with Crippen LogP contribution in [-0.2, 0) is 6.54 Å². The van der Waals surface area contributed by atoms with Gasteiger partial charge in [-0.25, -0.2) is 0 Å². The summed E-state index contributed by atoms with van der Waals surface area (Å²) in [4.78, 5) is 31.9. The van der Waals surface area contributed by atoms with Crippen molar-refractivity contribution in [1.82, 2.24) is 4.90 Å². The first-order valence-corrected chi connectivity index (χ1v) is 15.2. The molecule has 42 heavy (non-hydrogen) atoms. The molecule has 7 rings (SSSR count). The molecule has 3 atom stereocenters. The van der Waals surface area contributed by atoms with Gasteiger partial charge >= 0.3 is 0 Å². The van der Waals surface area contributed by atoms with Gasteiger partial charge in [0.25, 0.3) is 11.8 Å². The van der Waals surface area contributed by atoms with E-state index in [0.717, 1.165) is 34.5 Å². The number of aryl methyl sites for hydroxylation is 1. The van der Waals surface area contributed by atoms with Crippen molar-refractivity contribution in [3.8, 4) is 11.1 Å². The summed E-state index contributed by atoms with van der Waals surface area (Å²) in [5.74, 6) is 0.220. The Balaban J connectivity index is 1.15. The van der Waals surface area contributed by atoms with Gasteiger partial charge in [0.1, 0.15) is 0 Å². The van der Waals surface area contributed by atoms with Crippen LogP contribution < -0.4 is 10.2 Å². The molecule has 0 aromatic heterocycles. The number of rotatable bonds is 4. The number of hydrogen-bond acceptors (Lipinski definition) is 3. The summed E-state index contributed by atoms with van der Waals surface area (Å²) in [7, 11) is 0. The van der Waals surface area contributed by atoms with Crippen LogP contribution in [0.1, 0.15) is 51.1 Å². The highest BCUT2D eigenvalue weighted by Gasteiger charge is 2.48. The molecule has 0 radical (unpaired) electrons. The summed E-state index contributed by atoms with van der Waals surface area (Å²) >= 11 is 13.1. The number of carbonyl (C=O) groups excluding carboxylic acids is 2. The maximum absolute atomic E-state index is 14.1. The van der Waals surface area contributed by atoms with E-state index >= 15 is 0 Å². The van der Waals surface area contributed by atoms with Crippen LogP contribution in [0.15, 0.2) is 84.9 Å². The third-order valence-electron chi connectivity index (χ3n) is 9.18. The standard InChI is InChI=1S/C35H31Cl2N3O2/c1-21-6-8-22(9-7-21)28-4-2-3-5-29(28)34(41)38-26-12-14-30(31(37)18-26)35(42)40-20-33-23-10-13-27(17-23)39(33)19-24-16-25(36)11-15-32(24)40/h2-9,11-12,14-16,18,23,27,33H,10,13,17,19-20H2,1H3,(H,38,41)/t23?,27?,33-/m1/s1. The fourth-order valence-corrected chi connectivity index (χ4v) is 7.53. The Kier molecular flexibility index (Phi) is 7.05. The molecular weight excluding hydrogens is 565 g/mol. The second-order valence-electron chi connectivity index (χ2n) is 11.7. The molecule has 2 unspecified atom stereocenters. The first-order valence-electron chi connectivity index (χ1n) is 14.5. The van der Waals surface area contributed by atoms with Crippen molar-refractivity contribution in [3.63, 3.8) is 0 Å². The zero-order valence-electron chi connectivity index (χ0n) is 23.3. The van der Waals surface area contributed by atoms with Crippen LogP contribution >= 0.6 is 23.2 Å². The Morgan fingerprint density at radius 2 is 1.69 bits per heavy atom. The van der Waals surface area contributed by atoms with Crippen molar-refractivity contribution in [1.29, 1.82) is 0 Å². The number of carbonyl (C=O) groups is 2. The normalized spacial score (nSPS) is 21.0. The van der Waals surface area contributed by atoms with E-state index < -0.39 is 0 Å².